The van der Waals surface area contributed by atoms with Gasteiger partial charge in [-0.05, 0) is 58.5 Å². The van der Waals surface area contributed by atoms with Crippen molar-refractivity contribution in [3.8, 4) is 0 Å². The highest BCUT2D eigenvalue weighted by Gasteiger charge is 2.29. The van der Waals surface area contributed by atoms with Crippen molar-refractivity contribution in [2.24, 2.45) is 5.92 Å². The van der Waals surface area contributed by atoms with Gasteiger partial charge in [-0.25, -0.2) is 0 Å². The van der Waals surface area contributed by atoms with Crippen molar-refractivity contribution in [2.75, 3.05) is 0 Å². The zero-order chi connectivity index (χ0) is 14.8. The van der Waals surface area contributed by atoms with Gasteiger partial charge in [0.15, 0.2) is 0 Å². The molecule has 0 aromatic carbocycles. The fourth-order valence-corrected chi connectivity index (χ4v) is 4.18. The fourth-order valence-electron chi connectivity index (χ4n) is 2.34. The quantitative estimate of drug-likeness (QED) is 0.508. The van der Waals surface area contributed by atoms with Crippen LogP contribution in [0.2, 0.25) is 39.3 Å². The molecule has 0 aromatic heterocycles. The summed E-state index contributed by atoms with van der Waals surface area (Å²) in [4.78, 5) is 0. The second-order valence-electron chi connectivity index (χ2n) is 7.49. The molecule has 0 saturated carbocycles. The average Bonchev–Trinajstić information content (AvgIpc) is 2.16. The maximum Gasteiger partial charge on any atom is 0.242 e. The van der Waals surface area contributed by atoms with Crippen molar-refractivity contribution < 1.29 is 8.85 Å². The van der Waals surface area contributed by atoms with Gasteiger partial charge in [-0.15, -0.1) is 0 Å². The van der Waals surface area contributed by atoms with Crippen LogP contribution in [-0.2, 0) is 8.85 Å². The SMILES string of the molecule is C=C(O[Si](C)(C)C)C1=C(O[Si](C)(C)C)C(C)CCC1. The standard InChI is InChI=1S/C15H30O2Si2/c1-12-10-9-11-14(13(2)16-18(3,4)5)15(12)17-19(6,7)8/h12H,2,9-11H2,1,3-8H3. The Labute approximate surface area is 121 Å². The van der Waals surface area contributed by atoms with Gasteiger partial charge < -0.3 is 8.85 Å². The summed E-state index contributed by atoms with van der Waals surface area (Å²) >= 11 is 0. The maximum absolute atomic E-state index is 6.33. The third-order valence-corrected chi connectivity index (χ3v) is 4.68. The summed E-state index contributed by atoms with van der Waals surface area (Å²) < 4.78 is 12.4. The molecule has 0 N–H and O–H groups in total. The first-order valence-corrected chi connectivity index (χ1v) is 14.1. The van der Waals surface area contributed by atoms with Crippen LogP contribution in [0.3, 0.4) is 0 Å². The molecule has 1 aliphatic rings. The van der Waals surface area contributed by atoms with Crippen molar-refractivity contribution >= 4 is 16.6 Å². The summed E-state index contributed by atoms with van der Waals surface area (Å²) in [6.07, 6.45) is 3.47. The van der Waals surface area contributed by atoms with E-state index in [0.29, 0.717) is 5.92 Å². The summed E-state index contributed by atoms with van der Waals surface area (Å²) in [5, 5.41) is 0. The summed E-state index contributed by atoms with van der Waals surface area (Å²) in [7, 11) is -3.17. The van der Waals surface area contributed by atoms with Crippen LogP contribution in [0.15, 0.2) is 23.7 Å². The minimum Gasteiger partial charge on any atom is -0.547 e. The molecule has 0 radical (unpaired) electrons. The van der Waals surface area contributed by atoms with Gasteiger partial charge in [0, 0.05) is 11.5 Å². The van der Waals surface area contributed by atoms with E-state index in [1.54, 1.807) is 0 Å². The summed E-state index contributed by atoms with van der Waals surface area (Å²) in [6, 6.07) is 0. The number of allylic oxidation sites excluding steroid dienone is 2. The van der Waals surface area contributed by atoms with E-state index in [0.717, 1.165) is 17.9 Å². The van der Waals surface area contributed by atoms with Crippen molar-refractivity contribution in [1.82, 2.24) is 0 Å². The van der Waals surface area contributed by atoms with E-state index in [4.69, 9.17) is 8.85 Å². The number of rotatable bonds is 5. The van der Waals surface area contributed by atoms with Crippen LogP contribution in [0.4, 0.5) is 0 Å². The molecular formula is C15H30O2Si2. The molecule has 0 fully saturated rings. The molecule has 0 amide bonds. The van der Waals surface area contributed by atoms with Gasteiger partial charge in [0.2, 0.25) is 16.6 Å². The van der Waals surface area contributed by atoms with E-state index < -0.39 is 16.6 Å². The molecule has 1 unspecified atom stereocenters. The normalized spacial score (nSPS) is 21.3. The first-order chi connectivity index (χ1) is 8.49. The van der Waals surface area contributed by atoms with Gasteiger partial charge in [0.05, 0.1) is 5.76 Å². The van der Waals surface area contributed by atoms with E-state index in [2.05, 4.69) is 52.8 Å². The first-order valence-electron chi connectivity index (χ1n) is 7.30. The van der Waals surface area contributed by atoms with Gasteiger partial charge in [0.1, 0.15) is 5.76 Å². The lowest BCUT2D eigenvalue weighted by Gasteiger charge is -2.33. The molecule has 0 bridgehead atoms. The third kappa shape index (κ3) is 5.57. The zero-order valence-corrected chi connectivity index (χ0v) is 15.7. The van der Waals surface area contributed by atoms with E-state index in [1.807, 2.05) is 0 Å². The molecule has 4 heteroatoms. The molecule has 0 saturated heterocycles. The van der Waals surface area contributed by atoms with Crippen LogP contribution in [-0.4, -0.2) is 16.6 Å². The third-order valence-electron chi connectivity index (χ3n) is 2.99. The van der Waals surface area contributed by atoms with Crippen LogP contribution in [0.5, 0.6) is 0 Å². The molecule has 0 spiro atoms. The highest BCUT2D eigenvalue weighted by Crippen LogP contribution is 2.36. The Morgan fingerprint density at radius 3 is 2.16 bits per heavy atom. The first kappa shape index (κ1) is 16.6. The van der Waals surface area contributed by atoms with Crippen LogP contribution < -0.4 is 0 Å². The van der Waals surface area contributed by atoms with E-state index in [9.17, 15) is 0 Å². The fraction of sp³-hybridized carbons (Fsp3) is 0.733. The van der Waals surface area contributed by atoms with Gasteiger partial charge in [-0.2, -0.15) is 0 Å². The predicted octanol–water partition coefficient (Wildman–Crippen LogP) is 5.28. The second kappa shape index (κ2) is 5.87. The monoisotopic (exact) mass is 298 g/mol. The molecule has 110 valence electrons. The number of hydrogen-bond donors (Lipinski definition) is 0. The number of hydrogen-bond acceptors (Lipinski definition) is 2. The molecule has 1 aliphatic carbocycles. The largest absolute Gasteiger partial charge is 0.547 e. The van der Waals surface area contributed by atoms with E-state index in [1.165, 1.54) is 18.4 Å². The molecule has 0 aliphatic heterocycles. The van der Waals surface area contributed by atoms with Crippen LogP contribution in [0.1, 0.15) is 26.2 Å². The molecule has 2 nitrogen and oxygen atoms in total. The minimum atomic E-state index is -1.59. The van der Waals surface area contributed by atoms with Crippen molar-refractivity contribution in [3.63, 3.8) is 0 Å². The van der Waals surface area contributed by atoms with E-state index in [-0.39, 0.29) is 0 Å². The lowest BCUT2D eigenvalue weighted by molar-refractivity contribution is 0.305. The topological polar surface area (TPSA) is 18.5 Å². The summed E-state index contributed by atoms with van der Waals surface area (Å²) in [5.74, 6) is 2.52. The van der Waals surface area contributed by atoms with Crippen LogP contribution >= 0.6 is 0 Å². The maximum atomic E-state index is 6.33. The Balaban J connectivity index is 3.01. The van der Waals surface area contributed by atoms with Crippen molar-refractivity contribution in [3.05, 3.63) is 23.7 Å². The Bertz CT molecular complexity index is 373. The molecule has 1 atom stereocenters. The molecule has 19 heavy (non-hydrogen) atoms. The molecular weight excluding hydrogens is 268 g/mol. The van der Waals surface area contributed by atoms with Crippen LogP contribution in [0, 0.1) is 5.92 Å². The van der Waals surface area contributed by atoms with E-state index >= 15 is 0 Å². The summed E-state index contributed by atoms with van der Waals surface area (Å²) in [5.41, 5.74) is 1.24. The predicted molar refractivity (Wildman–Crippen MR) is 88.0 cm³/mol. The van der Waals surface area contributed by atoms with Gasteiger partial charge >= 0.3 is 0 Å². The molecule has 0 heterocycles. The lowest BCUT2D eigenvalue weighted by Crippen LogP contribution is -2.30. The minimum absolute atomic E-state index is 0.498. The van der Waals surface area contributed by atoms with Crippen LogP contribution in [0.25, 0.3) is 0 Å². The smallest absolute Gasteiger partial charge is 0.242 e. The van der Waals surface area contributed by atoms with Gasteiger partial charge in [-0.3, -0.25) is 0 Å². The summed E-state index contributed by atoms with van der Waals surface area (Å²) in [6.45, 7) is 19.7. The van der Waals surface area contributed by atoms with Gasteiger partial charge in [-0.1, -0.05) is 13.5 Å². The Morgan fingerprint density at radius 2 is 1.68 bits per heavy atom. The Morgan fingerprint density at radius 1 is 1.11 bits per heavy atom. The highest BCUT2D eigenvalue weighted by atomic mass is 28.4. The van der Waals surface area contributed by atoms with Crippen molar-refractivity contribution in [1.29, 1.82) is 0 Å². The Kier molecular flexibility index (Phi) is 5.12. The van der Waals surface area contributed by atoms with Gasteiger partial charge in [0.25, 0.3) is 0 Å². The average molecular weight is 299 g/mol. The lowest BCUT2D eigenvalue weighted by atomic mass is 9.89. The Hall–Kier alpha value is -0.486. The molecule has 1 rings (SSSR count). The zero-order valence-electron chi connectivity index (χ0n) is 13.7. The molecule has 0 aromatic rings. The highest BCUT2D eigenvalue weighted by molar-refractivity contribution is 6.70. The second-order valence-corrected chi connectivity index (χ2v) is 16.3. The van der Waals surface area contributed by atoms with Crippen molar-refractivity contribution in [2.45, 2.75) is 65.5 Å².